The van der Waals surface area contributed by atoms with Crippen molar-refractivity contribution in [1.29, 1.82) is 0 Å². The number of ether oxygens (including phenoxy) is 1. The van der Waals surface area contributed by atoms with Crippen LogP contribution in [0.1, 0.15) is 24.1 Å². The van der Waals surface area contributed by atoms with Crippen LogP contribution in [0, 0.1) is 0 Å². The zero-order chi connectivity index (χ0) is 23.5. The van der Waals surface area contributed by atoms with E-state index < -0.39 is 0 Å². The lowest BCUT2D eigenvalue weighted by atomic mass is 9.91. The third-order valence-electron chi connectivity index (χ3n) is 5.79. The largest absolute Gasteiger partial charge is 0.489 e. The topological polar surface area (TPSA) is 117 Å². The van der Waals surface area contributed by atoms with E-state index in [2.05, 4.69) is 43.5 Å². The third-order valence-corrected chi connectivity index (χ3v) is 5.79. The number of aromatic nitrogens is 6. The third kappa shape index (κ3) is 4.23. The molecule has 2 aromatic carbocycles. The number of hydrogen-bond donors (Lipinski definition) is 2. The quantitative estimate of drug-likeness (QED) is 0.405. The molecule has 0 aliphatic carbocycles. The summed E-state index contributed by atoms with van der Waals surface area (Å²) in [4.78, 5) is 8.31. The van der Waals surface area contributed by atoms with Gasteiger partial charge in [-0.1, -0.05) is 66.3 Å². The van der Waals surface area contributed by atoms with Crippen LogP contribution in [0.3, 0.4) is 0 Å². The summed E-state index contributed by atoms with van der Waals surface area (Å²) in [5.74, 6) is 1.40. The summed E-state index contributed by atoms with van der Waals surface area (Å²) in [6.07, 6.45) is 4.08. The predicted molar refractivity (Wildman–Crippen MR) is 129 cm³/mol. The molecule has 2 aromatic heterocycles. The number of fused-ring (bicyclic) bond motifs is 1. The summed E-state index contributed by atoms with van der Waals surface area (Å²) in [5.41, 5.74) is 11.6. The summed E-state index contributed by atoms with van der Waals surface area (Å²) in [7, 11) is 0. The number of allylic oxidation sites excluding steroid dienone is 2. The zero-order valence-electron chi connectivity index (χ0n) is 18.7. The van der Waals surface area contributed by atoms with Gasteiger partial charge in [-0.05, 0) is 34.0 Å². The van der Waals surface area contributed by atoms with Crippen LogP contribution in [0.2, 0.25) is 0 Å². The number of nitrogens with zero attached hydrogens (tertiary/aromatic N) is 6. The second kappa shape index (κ2) is 9.14. The first-order chi connectivity index (χ1) is 16.6. The van der Waals surface area contributed by atoms with Crippen molar-refractivity contribution in [1.82, 2.24) is 30.2 Å². The van der Waals surface area contributed by atoms with Gasteiger partial charge in [0.15, 0.2) is 0 Å². The van der Waals surface area contributed by atoms with E-state index in [9.17, 15) is 0 Å². The van der Waals surface area contributed by atoms with Crippen LogP contribution in [-0.4, -0.2) is 30.2 Å². The Labute approximate surface area is 197 Å². The summed E-state index contributed by atoms with van der Waals surface area (Å²) >= 11 is 0. The first-order valence-electron chi connectivity index (χ1n) is 10.9. The van der Waals surface area contributed by atoms with E-state index in [0.717, 1.165) is 33.5 Å². The maximum absolute atomic E-state index is 6.12. The normalized spacial score (nSPS) is 14.9. The first-order valence-corrected chi connectivity index (χ1v) is 10.9. The molecule has 1 aliphatic heterocycles. The van der Waals surface area contributed by atoms with Crippen LogP contribution in [0.25, 0.3) is 11.1 Å². The van der Waals surface area contributed by atoms with Gasteiger partial charge in [-0.3, -0.25) is 0 Å². The molecular weight excluding hydrogens is 428 g/mol. The fourth-order valence-corrected chi connectivity index (χ4v) is 4.16. The lowest BCUT2D eigenvalue weighted by molar-refractivity contribution is 0.201. The summed E-state index contributed by atoms with van der Waals surface area (Å²) in [5, 5.41) is 15.5. The number of hydrogen-bond acceptors (Lipinski definition) is 8. The van der Waals surface area contributed by atoms with E-state index in [1.807, 2.05) is 55.5 Å². The maximum atomic E-state index is 6.12. The number of tetrazole rings is 1. The van der Waals surface area contributed by atoms with E-state index in [1.165, 1.54) is 0 Å². The molecule has 0 radical (unpaired) electrons. The Morgan fingerprint density at radius 1 is 1.09 bits per heavy atom. The average Bonchev–Trinajstić information content (AvgIpc) is 3.32. The predicted octanol–water partition coefficient (Wildman–Crippen LogP) is 3.93. The fourth-order valence-electron chi connectivity index (χ4n) is 4.16. The second-order valence-corrected chi connectivity index (χ2v) is 8.02. The monoisotopic (exact) mass is 452 g/mol. The Morgan fingerprint density at radius 2 is 1.82 bits per heavy atom. The van der Waals surface area contributed by atoms with Crippen molar-refractivity contribution in [3.8, 4) is 11.1 Å². The highest BCUT2D eigenvalue weighted by atomic mass is 16.5. The molecular formula is C25H24N8O. The minimum atomic E-state index is -0.217. The zero-order valence-corrected chi connectivity index (χ0v) is 18.7. The molecule has 1 aliphatic rings. The van der Waals surface area contributed by atoms with Crippen molar-refractivity contribution in [2.24, 2.45) is 0 Å². The van der Waals surface area contributed by atoms with Crippen LogP contribution in [0.4, 0.5) is 11.9 Å². The van der Waals surface area contributed by atoms with Gasteiger partial charge < -0.3 is 15.8 Å². The maximum Gasteiger partial charge on any atom is 0.247 e. The van der Waals surface area contributed by atoms with Crippen molar-refractivity contribution in [2.75, 3.05) is 11.1 Å². The average molecular weight is 453 g/mol. The van der Waals surface area contributed by atoms with Gasteiger partial charge in [-0.15, -0.1) is 0 Å². The van der Waals surface area contributed by atoms with E-state index in [0.29, 0.717) is 24.7 Å². The number of nitrogen functional groups attached to an aromatic ring is 1. The van der Waals surface area contributed by atoms with Gasteiger partial charge in [0.25, 0.3) is 0 Å². The highest BCUT2D eigenvalue weighted by molar-refractivity contribution is 5.66. The van der Waals surface area contributed by atoms with Gasteiger partial charge in [0.1, 0.15) is 12.4 Å². The highest BCUT2D eigenvalue weighted by Crippen LogP contribution is 2.37. The molecule has 4 aromatic rings. The molecule has 34 heavy (non-hydrogen) atoms. The first kappa shape index (κ1) is 21.3. The van der Waals surface area contributed by atoms with Crippen molar-refractivity contribution in [3.05, 3.63) is 102 Å². The molecule has 0 saturated carbocycles. The summed E-state index contributed by atoms with van der Waals surface area (Å²) in [6.45, 7) is 6.65. The lowest BCUT2D eigenvalue weighted by Gasteiger charge is -2.30. The fraction of sp³-hybridized carbons (Fsp3) is 0.160. The molecule has 0 fully saturated rings. The lowest BCUT2D eigenvalue weighted by Crippen LogP contribution is -2.27. The molecule has 5 rings (SSSR count). The van der Waals surface area contributed by atoms with Crippen molar-refractivity contribution >= 4 is 11.9 Å². The number of rotatable bonds is 7. The van der Waals surface area contributed by atoms with Crippen LogP contribution >= 0.6 is 0 Å². The number of nitrogens with two attached hydrogens (primary N) is 1. The van der Waals surface area contributed by atoms with Gasteiger partial charge >= 0.3 is 0 Å². The number of anilines is 2. The SMILES string of the molecule is C=C(OCc1ccccc1)C1=C(C)Nc2nnnn2C1Cc1ccccc1-c1cnc(N)nc1. The van der Waals surface area contributed by atoms with Gasteiger partial charge in [-0.25, -0.2) is 14.6 Å². The molecule has 3 N–H and O–H groups in total. The molecule has 0 spiro atoms. The molecule has 0 saturated heterocycles. The smallest absolute Gasteiger partial charge is 0.247 e. The Bertz CT molecular complexity index is 1340. The number of nitrogens with one attached hydrogen (secondary N) is 1. The Hall–Kier alpha value is -4.53. The Kier molecular flexibility index (Phi) is 5.73. The van der Waals surface area contributed by atoms with Crippen LogP contribution < -0.4 is 11.1 Å². The van der Waals surface area contributed by atoms with Gasteiger partial charge in [-0.2, -0.15) is 0 Å². The molecule has 3 heterocycles. The molecule has 1 atom stereocenters. The number of benzene rings is 2. The van der Waals surface area contributed by atoms with Crippen LogP contribution in [0.5, 0.6) is 0 Å². The molecule has 9 nitrogen and oxygen atoms in total. The molecule has 9 heteroatoms. The van der Waals surface area contributed by atoms with E-state index in [1.54, 1.807) is 17.1 Å². The molecule has 0 amide bonds. The van der Waals surface area contributed by atoms with E-state index in [4.69, 9.17) is 10.5 Å². The van der Waals surface area contributed by atoms with E-state index in [-0.39, 0.29) is 12.0 Å². The standard InChI is InChI=1S/C25H24N8O/c1-16-23(17(2)34-15-18-8-4-3-5-9-18)22(33-25(29-16)30-31-32-33)12-19-10-6-7-11-21(19)20-13-27-24(26)28-14-20/h3-11,13-14,22H,2,12,15H2,1H3,(H2,26,27,28)(H,29,30,32). The van der Waals surface area contributed by atoms with Gasteiger partial charge in [0, 0.05) is 35.6 Å². The second-order valence-electron chi connectivity index (χ2n) is 8.02. The highest BCUT2D eigenvalue weighted by Gasteiger charge is 2.31. The molecule has 0 bridgehead atoms. The van der Waals surface area contributed by atoms with E-state index >= 15 is 0 Å². The van der Waals surface area contributed by atoms with Crippen LogP contribution in [-0.2, 0) is 17.8 Å². The van der Waals surface area contributed by atoms with Crippen molar-refractivity contribution in [2.45, 2.75) is 26.0 Å². The van der Waals surface area contributed by atoms with Gasteiger partial charge in [0.05, 0.1) is 6.04 Å². The van der Waals surface area contributed by atoms with Crippen molar-refractivity contribution < 1.29 is 4.74 Å². The Morgan fingerprint density at radius 3 is 2.62 bits per heavy atom. The Balaban J connectivity index is 1.48. The van der Waals surface area contributed by atoms with Gasteiger partial charge in [0.2, 0.25) is 11.9 Å². The van der Waals surface area contributed by atoms with Crippen LogP contribution in [0.15, 0.2) is 90.6 Å². The molecule has 170 valence electrons. The summed E-state index contributed by atoms with van der Waals surface area (Å²) in [6, 6.07) is 17.9. The summed E-state index contributed by atoms with van der Waals surface area (Å²) < 4.78 is 7.89. The minimum absolute atomic E-state index is 0.217. The van der Waals surface area contributed by atoms with Crippen molar-refractivity contribution in [3.63, 3.8) is 0 Å². The minimum Gasteiger partial charge on any atom is -0.489 e. The molecule has 1 unspecified atom stereocenters.